The molecule has 0 aromatic heterocycles. The van der Waals surface area contributed by atoms with E-state index in [0.29, 0.717) is 12.4 Å². The molecular formula is C15H13IO3. The molecule has 3 nitrogen and oxygen atoms in total. The number of aryl methyl sites for hydroxylation is 1. The van der Waals surface area contributed by atoms with Gasteiger partial charge in [-0.3, -0.25) is 0 Å². The summed E-state index contributed by atoms with van der Waals surface area (Å²) in [6.45, 7) is 2.37. The number of halogens is 1. The number of benzene rings is 2. The molecule has 2 aromatic carbocycles. The summed E-state index contributed by atoms with van der Waals surface area (Å²) in [6.07, 6.45) is 0. The summed E-state index contributed by atoms with van der Waals surface area (Å²) in [4.78, 5) is 11.2. The highest BCUT2D eigenvalue weighted by Gasteiger charge is 2.12. The minimum absolute atomic E-state index is 0.195. The fraction of sp³-hybridized carbons (Fsp3) is 0.133. The van der Waals surface area contributed by atoms with Crippen molar-refractivity contribution in [3.05, 3.63) is 62.7 Å². The summed E-state index contributed by atoms with van der Waals surface area (Å²) in [5.41, 5.74) is 2.38. The number of rotatable bonds is 4. The predicted molar refractivity (Wildman–Crippen MR) is 81.6 cm³/mol. The molecule has 0 spiro atoms. The lowest BCUT2D eigenvalue weighted by Crippen LogP contribution is -2.04. The van der Waals surface area contributed by atoms with Crippen molar-refractivity contribution in [1.82, 2.24) is 0 Å². The van der Waals surface area contributed by atoms with E-state index in [1.807, 2.05) is 37.3 Å². The van der Waals surface area contributed by atoms with Crippen molar-refractivity contribution in [2.75, 3.05) is 0 Å². The van der Waals surface area contributed by atoms with Crippen LogP contribution in [0, 0.1) is 10.5 Å². The van der Waals surface area contributed by atoms with Crippen molar-refractivity contribution in [1.29, 1.82) is 0 Å². The van der Waals surface area contributed by atoms with Crippen LogP contribution in [0.5, 0.6) is 5.75 Å². The number of hydrogen-bond acceptors (Lipinski definition) is 2. The van der Waals surface area contributed by atoms with Gasteiger partial charge in [0.15, 0.2) is 0 Å². The first-order chi connectivity index (χ1) is 9.08. The molecule has 0 aliphatic heterocycles. The van der Waals surface area contributed by atoms with Crippen molar-refractivity contribution in [2.24, 2.45) is 0 Å². The van der Waals surface area contributed by atoms with Gasteiger partial charge in [-0.25, -0.2) is 4.79 Å². The third kappa shape index (κ3) is 3.47. The number of carboxylic acids is 1. The van der Waals surface area contributed by atoms with Crippen LogP contribution in [0.3, 0.4) is 0 Å². The molecule has 0 aliphatic rings. The molecule has 0 unspecified atom stereocenters. The number of hydrogen-bond donors (Lipinski definition) is 1. The van der Waals surface area contributed by atoms with Gasteiger partial charge in [0.1, 0.15) is 17.9 Å². The van der Waals surface area contributed by atoms with E-state index in [9.17, 15) is 4.79 Å². The molecule has 0 amide bonds. The van der Waals surface area contributed by atoms with E-state index >= 15 is 0 Å². The van der Waals surface area contributed by atoms with Gasteiger partial charge in [-0.05, 0) is 58.8 Å². The Kier molecular flexibility index (Phi) is 4.42. The molecule has 0 saturated carbocycles. The third-order valence-corrected chi connectivity index (χ3v) is 3.49. The molecule has 2 rings (SSSR count). The van der Waals surface area contributed by atoms with E-state index in [2.05, 4.69) is 22.6 Å². The second kappa shape index (κ2) is 6.06. The van der Waals surface area contributed by atoms with Gasteiger partial charge in [0.2, 0.25) is 0 Å². The van der Waals surface area contributed by atoms with E-state index < -0.39 is 5.97 Å². The van der Waals surface area contributed by atoms with E-state index in [1.54, 1.807) is 12.1 Å². The minimum Gasteiger partial charge on any atom is -0.488 e. The maximum Gasteiger partial charge on any atom is 0.339 e. The predicted octanol–water partition coefficient (Wildman–Crippen LogP) is 3.88. The Morgan fingerprint density at radius 2 is 2.00 bits per heavy atom. The van der Waals surface area contributed by atoms with Gasteiger partial charge >= 0.3 is 5.97 Å². The largest absolute Gasteiger partial charge is 0.488 e. The zero-order valence-corrected chi connectivity index (χ0v) is 12.5. The Bertz CT molecular complexity index is 608. The van der Waals surface area contributed by atoms with Crippen molar-refractivity contribution in [3.63, 3.8) is 0 Å². The lowest BCUT2D eigenvalue weighted by molar-refractivity contribution is 0.0691. The van der Waals surface area contributed by atoms with Gasteiger partial charge in [0, 0.05) is 3.57 Å². The molecule has 4 heteroatoms. The van der Waals surface area contributed by atoms with Gasteiger partial charge in [-0.15, -0.1) is 0 Å². The van der Waals surface area contributed by atoms with Crippen LogP contribution in [-0.4, -0.2) is 11.1 Å². The average Bonchev–Trinajstić information content (AvgIpc) is 2.38. The molecule has 1 N–H and O–H groups in total. The van der Waals surface area contributed by atoms with Crippen LogP contribution < -0.4 is 4.74 Å². The molecule has 0 radical (unpaired) electrons. The van der Waals surface area contributed by atoms with E-state index in [-0.39, 0.29) is 5.56 Å². The van der Waals surface area contributed by atoms with E-state index in [0.717, 1.165) is 14.7 Å². The maximum atomic E-state index is 11.2. The summed E-state index contributed by atoms with van der Waals surface area (Å²) in [6, 6.07) is 13.0. The van der Waals surface area contributed by atoms with Crippen LogP contribution >= 0.6 is 22.6 Å². The minimum atomic E-state index is -0.974. The second-order valence-corrected chi connectivity index (χ2v) is 5.41. The number of aromatic carboxylic acids is 1. The van der Waals surface area contributed by atoms with Gasteiger partial charge in [-0.2, -0.15) is 0 Å². The summed E-state index contributed by atoms with van der Waals surface area (Å²) < 4.78 is 6.51. The van der Waals surface area contributed by atoms with Crippen molar-refractivity contribution in [3.8, 4) is 5.75 Å². The molecule has 0 bridgehead atoms. The Hall–Kier alpha value is -1.56. The van der Waals surface area contributed by atoms with Gasteiger partial charge in [0.25, 0.3) is 0 Å². The molecule has 0 aliphatic carbocycles. The highest BCUT2D eigenvalue weighted by atomic mass is 127. The van der Waals surface area contributed by atoms with Gasteiger partial charge < -0.3 is 9.84 Å². The standard InChI is InChI=1S/C15H13IO3/c1-10-4-2-3-5-11(10)9-19-14-7-6-12(16)8-13(14)15(17)18/h2-8H,9H2,1H3,(H,17,18). The molecule has 2 aromatic rings. The van der Waals surface area contributed by atoms with E-state index in [4.69, 9.17) is 9.84 Å². The molecule has 19 heavy (non-hydrogen) atoms. The topological polar surface area (TPSA) is 46.5 Å². The molecule has 0 fully saturated rings. The Morgan fingerprint density at radius 1 is 1.26 bits per heavy atom. The Labute approximate surface area is 125 Å². The van der Waals surface area contributed by atoms with Gasteiger partial charge in [-0.1, -0.05) is 24.3 Å². The number of carbonyl (C=O) groups is 1. The molecular weight excluding hydrogens is 355 g/mol. The first-order valence-electron chi connectivity index (χ1n) is 5.78. The van der Waals surface area contributed by atoms with Crippen LogP contribution in [0.4, 0.5) is 0 Å². The summed E-state index contributed by atoms with van der Waals surface area (Å²) >= 11 is 2.08. The molecule has 0 saturated heterocycles. The normalized spacial score (nSPS) is 10.2. The fourth-order valence-corrected chi connectivity index (χ4v) is 2.21. The Morgan fingerprint density at radius 3 is 2.68 bits per heavy atom. The highest BCUT2D eigenvalue weighted by Crippen LogP contribution is 2.22. The van der Waals surface area contributed by atoms with Crippen molar-refractivity contribution >= 4 is 28.6 Å². The SMILES string of the molecule is Cc1ccccc1COc1ccc(I)cc1C(=O)O. The van der Waals surface area contributed by atoms with Crippen LogP contribution in [0.2, 0.25) is 0 Å². The third-order valence-electron chi connectivity index (χ3n) is 2.82. The highest BCUT2D eigenvalue weighted by molar-refractivity contribution is 14.1. The quantitative estimate of drug-likeness (QED) is 0.834. The first-order valence-corrected chi connectivity index (χ1v) is 6.86. The smallest absolute Gasteiger partial charge is 0.339 e. The van der Waals surface area contributed by atoms with Crippen molar-refractivity contribution in [2.45, 2.75) is 13.5 Å². The van der Waals surface area contributed by atoms with Crippen molar-refractivity contribution < 1.29 is 14.6 Å². The zero-order chi connectivity index (χ0) is 13.8. The monoisotopic (exact) mass is 368 g/mol. The summed E-state index contributed by atoms with van der Waals surface area (Å²) in [5.74, 6) is -0.575. The number of carboxylic acid groups (broad SMARTS) is 1. The lowest BCUT2D eigenvalue weighted by atomic mass is 10.1. The van der Waals surface area contributed by atoms with Crippen LogP contribution in [0.1, 0.15) is 21.5 Å². The molecule has 0 heterocycles. The van der Waals surface area contributed by atoms with Crippen LogP contribution in [0.25, 0.3) is 0 Å². The maximum absolute atomic E-state index is 11.2. The number of ether oxygens (including phenoxy) is 1. The zero-order valence-electron chi connectivity index (χ0n) is 10.4. The summed E-state index contributed by atoms with van der Waals surface area (Å²) in [5, 5.41) is 9.16. The van der Waals surface area contributed by atoms with E-state index in [1.165, 1.54) is 0 Å². The molecule has 98 valence electrons. The lowest BCUT2D eigenvalue weighted by Gasteiger charge is -2.11. The average molecular weight is 368 g/mol. The first kappa shape index (κ1) is 13.9. The van der Waals surface area contributed by atoms with Crippen LogP contribution in [0.15, 0.2) is 42.5 Å². The second-order valence-electron chi connectivity index (χ2n) is 4.16. The van der Waals surface area contributed by atoms with Gasteiger partial charge in [0.05, 0.1) is 0 Å². The summed E-state index contributed by atoms with van der Waals surface area (Å²) in [7, 11) is 0. The Balaban J connectivity index is 2.20. The van der Waals surface area contributed by atoms with Crippen LogP contribution in [-0.2, 0) is 6.61 Å². The molecule has 0 atom stereocenters. The fourth-order valence-electron chi connectivity index (χ4n) is 1.72.